The molecule has 5 heteroatoms. The Labute approximate surface area is 172 Å². The molecule has 0 spiro atoms. The fourth-order valence-electron chi connectivity index (χ4n) is 3.70. The number of benzene rings is 3. The molecule has 5 rings (SSSR count). The SMILES string of the molecule is COc1ccc(N2C(=O)c3ccccc3/C2=C\c2cc(=O)c3ccccc3o2)cc1. The van der Waals surface area contributed by atoms with Crippen molar-refractivity contribution in [3.8, 4) is 5.75 Å². The van der Waals surface area contributed by atoms with Crippen LogP contribution in [0.4, 0.5) is 5.69 Å². The van der Waals surface area contributed by atoms with Crippen LogP contribution >= 0.6 is 0 Å². The average Bonchev–Trinajstić information content (AvgIpc) is 3.06. The summed E-state index contributed by atoms with van der Waals surface area (Å²) >= 11 is 0. The molecule has 1 amide bonds. The molecule has 0 saturated heterocycles. The zero-order chi connectivity index (χ0) is 20.7. The van der Waals surface area contributed by atoms with E-state index in [9.17, 15) is 9.59 Å². The highest BCUT2D eigenvalue weighted by atomic mass is 16.5. The van der Waals surface area contributed by atoms with Gasteiger partial charge in [0.25, 0.3) is 5.91 Å². The van der Waals surface area contributed by atoms with Crippen molar-refractivity contribution in [2.45, 2.75) is 0 Å². The molecule has 0 bridgehead atoms. The Morgan fingerprint density at radius 3 is 2.33 bits per heavy atom. The van der Waals surface area contributed by atoms with E-state index in [0.717, 1.165) is 5.56 Å². The van der Waals surface area contributed by atoms with Gasteiger partial charge < -0.3 is 9.15 Å². The van der Waals surface area contributed by atoms with Crippen LogP contribution in [0.15, 0.2) is 88.1 Å². The molecular formula is C25H17NO4. The zero-order valence-electron chi connectivity index (χ0n) is 16.2. The normalized spacial score (nSPS) is 14.4. The van der Waals surface area contributed by atoms with Crippen molar-refractivity contribution >= 4 is 34.3 Å². The van der Waals surface area contributed by atoms with E-state index in [1.165, 1.54) is 6.07 Å². The van der Waals surface area contributed by atoms with E-state index >= 15 is 0 Å². The van der Waals surface area contributed by atoms with Crippen LogP contribution in [0.3, 0.4) is 0 Å². The van der Waals surface area contributed by atoms with Crippen LogP contribution in [0.5, 0.6) is 5.75 Å². The van der Waals surface area contributed by atoms with Crippen molar-refractivity contribution in [1.29, 1.82) is 0 Å². The van der Waals surface area contributed by atoms with Crippen LogP contribution in [-0.4, -0.2) is 13.0 Å². The summed E-state index contributed by atoms with van der Waals surface area (Å²) < 4.78 is 11.2. The summed E-state index contributed by atoms with van der Waals surface area (Å²) in [7, 11) is 1.60. The van der Waals surface area contributed by atoms with Crippen LogP contribution in [0.25, 0.3) is 22.7 Å². The third kappa shape index (κ3) is 2.88. The second kappa shape index (κ2) is 7.04. The number of para-hydroxylation sites is 1. The van der Waals surface area contributed by atoms with Crippen LogP contribution < -0.4 is 15.1 Å². The smallest absolute Gasteiger partial charge is 0.263 e. The minimum absolute atomic E-state index is 0.127. The lowest BCUT2D eigenvalue weighted by molar-refractivity contribution is 0.101. The summed E-state index contributed by atoms with van der Waals surface area (Å²) in [5.74, 6) is 0.954. The topological polar surface area (TPSA) is 59.8 Å². The van der Waals surface area contributed by atoms with Crippen molar-refractivity contribution in [2.75, 3.05) is 12.0 Å². The van der Waals surface area contributed by atoms with Gasteiger partial charge in [-0.05, 0) is 42.5 Å². The Morgan fingerprint density at radius 2 is 1.57 bits per heavy atom. The fourth-order valence-corrected chi connectivity index (χ4v) is 3.70. The predicted octanol–water partition coefficient (Wildman–Crippen LogP) is 4.96. The number of carbonyl (C=O) groups is 1. The van der Waals surface area contributed by atoms with Gasteiger partial charge in [0.2, 0.25) is 0 Å². The van der Waals surface area contributed by atoms with Crippen LogP contribution in [0, 0.1) is 0 Å². The summed E-state index contributed by atoms with van der Waals surface area (Å²) in [4.78, 5) is 27.3. The lowest BCUT2D eigenvalue weighted by Crippen LogP contribution is -2.22. The molecule has 1 aliphatic heterocycles. The van der Waals surface area contributed by atoms with Crippen LogP contribution in [0.1, 0.15) is 21.7 Å². The second-order valence-corrected chi connectivity index (χ2v) is 6.92. The first-order valence-corrected chi connectivity index (χ1v) is 9.48. The molecule has 1 aliphatic rings. The number of carbonyl (C=O) groups excluding carboxylic acids is 1. The first-order valence-electron chi connectivity index (χ1n) is 9.48. The van der Waals surface area contributed by atoms with E-state index in [2.05, 4.69) is 0 Å². The molecule has 3 aromatic carbocycles. The van der Waals surface area contributed by atoms with Gasteiger partial charge in [-0.3, -0.25) is 14.5 Å². The summed E-state index contributed by atoms with van der Waals surface area (Å²) in [6.07, 6.45) is 1.74. The van der Waals surface area contributed by atoms with Crippen molar-refractivity contribution < 1.29 is 13.9 Å². The highest BCUT2D eigenvalue weighted by Gasteiger charge is 2.33. The van der Waals surface area contributed by atoms with Gasteiger partial charge in [0.05, 0.1) is 18.2 Å². The molecule has 30 heavy (non-hydrogen) atoms. The standard InChI is InChI=1S/C25H17NO4/c1-29-17-12-10-16(11-13-17)26-22(19-6-2-3-7-20(19)25(26)28)14-18-15-23(27)21-8-4-5-9-24(21)30-18/h2-15H,1H3/b22-14+. The van der Waals surface area contributed by atoms with E-state index in [1.807, 2.05) is 36.4 Å². The van der Waals surface area contributed by atoms with Gasteiger partial charge in [-0.1, -0.05) is 30.3 Å². The Kier molecular flexibility index (Phi) is 4.21. The van der Waals surface area contributed by atoms with E-state index in [4.69, 9.17) is 9.15 Å². The molecule has 146 valence electrons. The number of hydrogen-bond acceptors (Lipinski definition) is 4. The van der Waals surface area contributed by atoms with Gasteiger partial charge in [-0.15, -0.1) is 0 Å². The van der Waals surface area contributed by atoms with Gasteiger partial charge >= 0.3 is 0 Å². The van der Waals surface area contributed by atoms with E-state index < -0.39 is 0 Å². The average molecular weight is 395 g/mol. The number of nitrogens with zero attached hydrogens (tertiary/aromatic N) is 1. The lowest BCUT2D eigenvalue weighted by Gasteiger charge is -2.19. The number of hydrogen-bond donors (Lipinski definition) is 0. The van der Waals surface area contributed by atoms with Crippen molar-refractivity contribution in [1.82, 2.24) is 0 Å². The molecule has 0 atom stereocenters. The van der Waals surface area contributed by atoms with E-state index in [0.29, 0.717) is 39.4 Å². The summed E-state index contributed by atoms with van der Waals surface area (Å²) in [6.45, 7) is 0. The largest absolute Gasteiger partial charge is 0.497 e. The highest BCUT2D eigenvalue weighted by Crippen LogP contribution is 2.38. The summed E-state index contributed by atoms with van der Waals surface area (Å²) in [6, 6.07) is 23.2. The monoisotopic (exact) mass is 395 g/mol. The van der Waals surface area contributed by atoms with E-state index in [1.54, 1.807) is 54.5 Å². The zero-order valence-corrected chi connectivity index (χ0v) is 16.2. The minimum Gasteiger partial charge on any atom is -0.497 e. The van der Waals surface area contributed by atoms with Gasteiger partial charge in [0.15, 0.2) is 5.43 Å². The van der Waals surface area contributed by atoms with Crippen LogP contribution in [-0.2, 0) is 0 Å². The number of methoxy groups -OCH3 is 1. The molecule has 4 aromatic rings. The Hall–Kier alpha value is -4.12. The molecule has 0 radical (unpaired) electrons. The minimum atomic E-state index is -0.134. The number of fused-ring (bicyclic) bond motifs is 2. The molecule has 0 unspecified atom stereocenters. The number of ether oxygens (including phenoxy) is 1. The number of amides is 1. The van der Waals surface area contributed by atoms with Gasteiger partial charge in [0, 0.05) is 29.0 Å². The molecule has 5 nitrogen and oxygen atoms in total. The maximum atomic E-state index is 13.2. The van der Waals surface area contributed by atoms with Crippen molar-refractivity contribution in [3.63, 3.8) is 0 Å². The Morgan fingerprint density at radius 1 is 0.867 bits per heavy atom. The number of rotatable bonds is 3. The van der Waals surface area contributed by atoms with Crippen LogP contribution in [0.2, 0.25) is 0 Å². The van der Waals surface area contributed by atoms with Gasteiger partial charge in [0.1, 0.15) is 17.1 Å². The maximum Gasteiger partial charge on any atom is 0.263 e. The molecule has 0 N–H and O–H groups in total. The first kappa shape index (κ1) is 17.9. The summed E-state index contributed by atoms with van der Waals surface area (Å²) in [5.41, 5.74) is 3.12. The molecule has 0 fully saturated rings. The molecule has 1 aromatic heterocycles. The number of anilines is 1. The Bertz CT molecular complexity index is 1370. The maximum absolute atomic E-state index is 13.2. The van der Waals surface area contributed by atoms with Crippen molar-refractivity contribution in [3.05, 3.63) is 106 Å². The first-order chi connectivity index (χ1) is 14.7. The van der Waals surface area contributed by atoms with Gasteiger partial charge in [-0.2, -0.15) is 0 Å². The van der Waals surface area contributed by atoms with Gasteiger partial charge in [-0.25, -0.2) is 0 Å². The summed E-state index contributed by atoms with van der Waals surface area (Å²) in [5, 5.41) is 0.523. The molecule has 0 aliphatic carbocycles. The lowest BCUT2D eigenvalue weighted by atomic mass is 10.1. The third-order valence-electron chi connectivity index (χ3n) is 5.14. The highest BCUT2D eigenvalue weighted by molar-refractivity contribution is 6.24. The molecular weight excluding hydrogens is 378 g/mol. The Balaban J connectivity index is 1.70. The molecule has 2 heterocycles. The predicted molar refractivity (Wildman–Crippen MR) is 117 cm³/mol. The second-order valence-electron chi connectivity index (χ2n) is 6.92. The van der Waals surface area contributed by atoms with Crippen molar-refractivity contribution in [2.24, 2.45) is 0 Å². The molecule has 0 saturated carbocycles. The fraction of sp³-hybridized carbons (Fsp3) is 0.0400. The quantitative estimate of drug-likeness (QED) is 0.492. The van der Waals surface area contributed by atoms with E-state index in [-0.39, 0.29) is 11.3 Å². The third-order valence-corrected chi connectivity index (χ3v) is 5.14.